The molecule has 7 heteroatoms. The van der Waals surface area contributed by atoms with Crippen molar-refractivity contribution in [2.75, 3.05) is 16.8 Å². The SMILES string of the molecule is O=C(CSCC(=O)Nc1ccccc1)N/N=C/c1ccc(Cl)cc1. The Hall–Kier alpha value is -2.31. The molecule has 2 rings (SSSR count). The van der Waals surface area contributed by atoms with Crippen LogP contribution in [0.3, 0.4) is 0 Å². The third-order valence-corrected chi connectivity index (χ3v) is 3.98. The molecule has 0 spiro atoms. The van der Waals surface area contributed by atoms with Crippen LogP contribution in [0, 0.1) is 0 Å². The summed E-state index contributed by atoms with van der Waals surface area (Å²) in [7, 11) is 0. The zero-order valence-corrected chi connectivity index (χ0v) is 14.3. The van der Waals surface area contributed by atoms with Gasteiger partial charge in [0, 0.05) is 10.7 Å². The molecule has 0 aromatic heterocycles. The Morgan fingerprint density at radius 1 is 1.00 bits per heavy atom. The van der Waals surface area contributed by atoms with Crippen molar-refractivity contribution in [1.82, 2.24) is 5.43 Å². The highest BCUT2D eigenvalue weighted by molar-refractivity contribution is 8.00. The summed E-state index contributed by atoms with van der Waals surface area (Å²) in [4.78, 5) is 23.3. The van der Waals surface area contributed by atoms with Gasteiger partial charge in [0.15, 0.2) is 0 Å². The van der Waals surface area contributed by atoms with Crippen molar-refractivity contribution in [2.45, 2.75) is 0 Å². The first-order valence-corrected chi connectivity index (χ1v) is 8.67. The molecule has 0 unspecified atom stereocenters. The van der Waals surface area contributed by atoms with Crippen LogP contribution in [0.4, 0.5) is 5.69 Å². The predicted octanol–water partition coefficient (Wildman–Crippen LogP) is 3.16. The van der Waals surface area contributed by atoms with Crippen LogP contribution in [0.1, 0.15) is 5.56 Å². The molecular weight excluding hydrogens is 346 g/mol. The Balaban J connectivity index is 1.64. The van der Waals surface area contributed by atoms with Gasteiger partial charge in [-0.3, -0.25) is 9.59 Å². The summed E-state index contributed by atoms with van der Waals surface area (Å²) in [5, 5.41) is 7.25. The molecule has 24 heavy (non-hydrogen) atoms. The summed E-state index contributed by atoms with van der Waals surface area (Å²) >= 11 is 7.00. The van der Waals surface area contributed by atoms with Crippen LogP contribution in [-0.2, 0) is 9.59 Å². The van der Waals surface area contributed by atoms with Crippen LogP contribution < -0.4 is 10.7 Å². The maximum atomic E-state index is 11.7. The molecule has 2 aromatic rings. The van der Waals surface area contributed by atoms with E-state index < -0.39 is 0 Å². The van der Waals surface area contributed by atoms with Crippen LogP contribution in [-0.4, -0.2) is 29.5 Å². The lowest BCUT2D eigenvalue weighted by atomic mass is 10.2. The Morgan fingerprint density at radius 2 is 1.67 bits per heavy atom. The average Bonchev–Trinajstić information content (AvgIpc) is 2.57. The molecule has 0 saturated heterocycles. The van der Waals surface area contributed by atoms with Crippen molar-refractivity contribution in [2.24, 2.45) is 5.10 Å². The summed E-state index contributed by atoms with van der Waals surface area (Å²) in [6.07, 6.45) is 1.53. The Bertz CT molecular complexity index is 706. The van der Waals surface area contributed by atoms with Gasteiger partial charge in [-0.2, -0.15) is 5.10 Å². The molecule has 0 saturated carbocycles. The van der Waals surface area contributed by atoms with E-state index in [4.69, 9.17) is 11.6 Å². The van der Waals surface area contributed by atoms with Crippen molar-refractivity contribution in [1.29, 1.82) is 0 Å². The summed E-state index contributed by atoms with van der Waals surface area (Å²) in [5.41, 5.74) is 3.98. The van der Waals surface area contributed by atoms with Gasteiger partial charge in [-0.1, -0.05) is 41.9 Å². The standard InChI is InChI=1S/C17H16ClN3O2S/c18-14-8-6-13(7-9-14)10-19-21-17(23)12-24-11-16(22)20-15-4-2-1-3-5-15/h1-10H,11-12H2,(H,20,22)(H,21,23)/b19-10+. The van der Waals surface area contributed by atoms with Gasteiger partial charge in [-0.25, -0.2) is 5.43 Å². The lowest BCUT2D eigenvalue weighted by Gasteiger charge is -2.04. The monoisotopic (exact) mass is 361 g/mol. The first-order valence-electron chi connectivity index (χ1n) is 7.13. The van der Waals surface area contributed by atoms with Gasteiger partial charge in [0.05, 0.1) is 17.7 Å². The fourth-order valence-electron chi connectivity index (χ4n) is 1.71. The molecule has 0 aliphatic heterocycles. The first kappa shape index (κ1) is 18.0. The Morgan fingerprint density at radius 3 is 2.38 bits per heavy atom. The zero-order chi connectivity index (χ0) is 17.2. The van der Waals surface area contributed by atoms with E-state index in [0.717, 1.165) is 11.3 Å². The van der Waals surface area contributed by atoms with Gasteiger partial charge in [-0.15, -0.1) is 11.8 Å². The van der Waals surface area contributed by atoms with Gasteiger partial charge in [0.1, 0.15) is 0 Å². The van der Waals surface area contributed by atoms with E-state index in [0.29, 0.717) is 5.02 Å². The highest BCUT2D eigenvalue weighted by atomic mass is 35.5. The maximum absolute atomic E-state index is 11.7. The molecule has 124 valence electrons. The fraction of sp³-hybridized carbons (Fsp3) is 0.118. The van der Waals surface area contributed by atoms with Gasteiger partial charge < -0.3 is 5.32 Å². The van der Waals surface area contributed by atoms with Crippen LogP contribution in [0.25, 0.3) is 0 Å². The average molecular weight is 362 g/mol. The maximum Gasteiger partial charge on any atom is 0.250 e. The molecule has 0 radical (unpaired) electrons. The largest absolute Gasteiger partial charge is 0.325 e. The normalized spacial score (nSPS) is 10.5. The molecular formula is C17H16ClN3O2S. The number of halogens is 1. The van der Waals surface area contributed by atoms with Gasteiger partial charge >= 0.3 is 0 Å². The number of anilines is 1. The summed E-state index contributed by atoms with van der Waals surface area (Å²) in [6.45, 7) is 0. The molecule has 0 atom stereocenters. The number of nitrogens with zero attached hydrogens (tertiary/aromatic N) is 1. The molecule has 0 heterocycles. The second-order valence-electron chi connectivity index (χ2n) is 4.75. The van der Waals surface area contributed by atoms with Crippen molar-refractivity contribution >= 4 is 47.1 Å². The summed E-state index contributed by atoms with van der Waals surface area (Å²) < 4.78 is 0. The number of nitrogens with one attached hydrogen (secondary N) is 2. The van der Waals surface area contributed by atoms with Crippen LogP contribution >= 0.6 is 23.4 Å². The number of para-hydroxylation sites is 1. The minimum atomic E-state index is -0.266. The smallest absolute Gasteiger partial charge is 0.250 e. The van der Waals surface area contributed by atoms with E-state index in [1.807, 2.05) is 18.2 Å². The first-order chi connectivity index (χ1) is 11.6. The van der Waals surface area contributed by atoms with Crippen molar-refractivity contribution in [3.8, 4) is 0 Å². The third-order valence-electron chi connectivity index (χ3n) is 2.80. The van der Waals surface area contributed by atoms with E-state index >= 15 is 0 Å². The Kier molecular flexibility index (Phi) is 7.32. The molecule has 0 aliphatic carbocycles. The number of hydrogen-bond donors (Lipinski definition) is 2. The zero-order valence-electron chi connectivity index (χ0n) is 12.7. The topological polar surface area (TPSA) is 70.6 Å². The van der Waals surface area contributed by atoms with E-state index in [1.165, 1.54) is 18.0 Å². The number of rotatable bonds is 7. The van der Waals surface area contributed by atoms with Gasteiger partial charge in [0.25, 0.3) is 0 Å². The minimum absolute atomic E-state index is 0.149. The number of hydrazone groups is 1. The lowest BCUT2D eigenvalue weighted by Crippen LogP contribution is -2.21. The predicted molar refractivity (Wildman–Crippen MR) is 99.6 cm³/mol. The number of carbonyl (C=O) groups is 2. The molecule has 2 aromatic carbocycles. The molecule has 2 N–H and O–H groups in total. The van der Waals surface area contributed by atoms with E-state index in [9.17, 15) is 9.59 Å². The molecule has 0 fully saturated rings. The number of hydrogen-bond acceptors (Lipinski definition) is 4. The second kappa shape index (κ2) is 9.75. The number of benzene rings is 2. The molecule has 2 amide bonds. The van der Waals surface area contributed by atoms with Gasteiger partial charge in [0.2, 0.25) is 11.8 Å². The van der Waals surface area contributed by atoms with E-state index in [1.54, 1.807) is 36.4 Å². The van der Waals surface area contributed by atoms with Crippen LogP contribution in [0.15, 0.2) is 59.7 Å². The van der Waals surface area contributed by atoms with Crippen LogP contribution in [0.5, 0.6) is 0 Å². The minimum Gasteiger partial charge on any atom is -0.325 e. The van der Waals surface area contributed by atoms with E-state index in [2.05, 4.69) is 15.8 Å². The molecule has 0 aliphatic rings. The van der Waals surface area contributed by atoms with Crippen molar-refractivity contribution in [3.05, 3.63) is 65.2 Å². The number of carbonyl (C=O) groups excluding carboxylic acids is 2. The highest BCUT2D eigenvalue weighted by Gasteiger charge is 2.05. The van der Waals surface area contributed by atoms with Gasteiger partial charge in [-0.05, 0) is 29.8 Å². The third kappa shape index (κ3) is 6.85. The van der Waals surface area contributed by atoms with Crippen molar-refractivity contribution in [3.63, 3.8) is 0 Å². The quantitative estimate of drug-likeness (QED) is 0.587. The number of amides is 2. The van der Waals surface area contributed by atoms with Crippen LogP contribution in [0.2, 0.25) is 5.02 Å². The highest BCUT2D eigenvalue weighted by Crippen LogP contribution is 2.08. The molecule has 5 nitrogen and oxygen atoms in total. The fourth-order valence-corrected chi connectivity index (χ4v) is 2.45. The summed E-state index contributed by atoms with van der Waals surface area (Å²) in [5.74, 6) is -0.0648. The second-order valence-corrected chi connectivity index (χ2v) is 6.17. The lowest BCUT2D eigenvalue weighted by molar-refractivity contribution is -0.118. The summed E-state index contributed by atoms with van der Waals surface area (Å²) in [6, 6.07) is 16.2. The number of thioether (sulfide) groups is 1. The molecule has 0 bridgehead atoms. The Labute approximate surface area is 149 Å². The van der Waals surface area contributed by atoms with E-state index in [-0.39, 0.29) is 23.3 Å². The van der Waals surface area contributed by atoms with Crippen molar-refractivity contribution < 1.29 is 9.59 Å².